The fourth-order valence-corrected chi connectivity index (χ4v) is 4.95. The average molecular weight is 489 g/mol. The van der Waals surface area contributed by atoms with E-state index < -0.39 is 0 Å². The average Bonchev–Trinajstić information content (AvgIpc) is 3.38. The highest BCUT2D eigenvalue weighted by molar-refractivity contribution is 6.11. The number of fused-ring (bicyclic) bond motifs is 1. The van der Waals surface area contributed by atoms with Gasteiger partial charge in [0.15, 0.2) is 5.69 Å². The maximum atomic E-state index is 13.2. The molecular formula is C30H28N6O. The minimum absolute atomic E-state index is 0.276. The van der Waals surface area contributed by atoms with Gasteiger partial charge in [0.2, 0.25) is 0 Å². The number of amides is 1. The van der Waals surface area contributed by atoms with Crippen molar-refractivity contribution in [1.82, 2.24) is 20.2 Å². The Hall–Kier alpha value is -4.52. The van der Waals surface area contributed by atoms with Gasteiger partial charge in [-0.1, -0.05) is 36.4 Å². The third-order valence-corrected chi connectivity index (χ3v) is 6.86. The van der Waals surface area contributed by atoms with Gasteiger partial charge in [0.25, 0.3) is 5.91 Å². The quantitative estimate of drug-likeness (QED) is 0.313. The van der Waals surface area contributed by atoms with Gasteiger partial charge in [-0.3, -0.25) is 19.9 Å². The number of hydrogen-bond acceptors (Lipinski definition) is 5. The summed E-state index contributed by atoms with van der Waals surface area (Å²) in [5.41, 5.74) is 7.19. The van der Waals surface area contributed by atoms with E-state index in [0.29, 0.717) is 11.4 Å². The molecule has 0 saturated carbocycles. The second-order valence-electron chi connectivity index (χ2n) is 9.51. The van der Waals surface area contributed by atoms with Crippen LogP contribution in [0.5, 0.6) is 0 Å². The maximum absolute atomic E-state index is 13.2. The van der Waals surface area contributed by atoms with Crippen molar-refractivity contribution in [3.8, 4) is 11.1 Å². The first-order valence-corrected chi connectivity index (χ1v) is 12.7. The molecule has 2 N–H and O–H groups in total. The summed E-state index contributed by atoms with van der Waals surface area (Å²) in [6.07, 6.45) is 11.8. The monoisotopic (exact) mass is 488 g/mol. The molecular weight excluding hydrogens is 460 g/mol. The van der Waals surface area contributed by atoms with E-state index in [1.807, 2.05) is 61.1 Å². The van der Waals surface area contributed by atoms with Crippen LogP contribution < -0.4 is 10.2 Å². The zero-order chi connectivity index (χ0) is 25.0. The molecule has 1 fully saturated rings. The van der Waals surface area contributed by atoms with Gasteiger partial charge in [-0.15, -0.1) is 0 Å². The van der Waals surface area contributed by atoms with Crippen LogP contribution in [0.4, 0.5) is 11.4 Å². The van der Waals surface area contributed by atoms with Crippen molar-refractivity contribution in [2.75, 3.05) is 23.3 Å². The van der Waals surface area contributed by atoms with Crippen molar-refractivity contribution in [2.24, 2.45) is 0 Å². The number of pyridine rings is 2. The molecule has 3 aromatic heterocycles. The predicted molar refractivity (Wildman–Crippen MR) is 147 cm³/mol. The Kier molecular flexibility index (Phi) is 6.33. The van der Waals surface area contributed by atoms with E-state index in [1.54, 1.807) is 6.20 Å². The first-order valence-electron chi connectivity index (χ1n) is 12.7. The Labute approximate surface area is 215 Å². The van der Waals surface area contributed by atoms with E-state index in [2.05, 4.69) is 48.6 Å². The highest BCUT2D eigenvalue weighted by atomic mass is 16.1. The van der Waals surface area contributed by atoms with Crippen LogP contribution in [0.15, 0.2) is 85.5 Å². The lowest BCUT2D eigenvalue weighted by atomic mass is 10.0. The number of nitrogens with one attached hydrogen (secondary N) is 2. The molecule has 6 rings (SSSR count). The van der Waals surface area contributed by atoms with E-state index in [1.165, 1.54) is 24.8 Å². The van der Waals surface area contributed by atoms with Crippen LogP contribution in [0, 0.1) is 0 Å². The summed E-state index contributed by atoms with van der Waals surface area (Å²) in [4.78, 5) is 24.5. The van der Waals surface area contributed by atoms with Crippen LogP contribution in [-0.2, 0) is 6.42 Å². The molecule has 7 nitrogen and oxygen atoms in total. The molecule has 0 bridgehead atoms. The zero-order valence-corrected chi connectivity index (χ0v) is 20.5. The minimum Gasteiger partial charge on any atom is -0.370 e. The SMILES string of the molecule is O=C(Nc1cncc(Cc2ccccc2)c1)c1n[nH]c2ccc(-c3cncc(N4CCCCC4)c3)cc12. The number of aromatic nitrogens is 4. The molecule has 0 atom stereocenters. The summed E-state index contributed by atoms with van der Waals surface area (Å²) >= 11 is 0. The molecule has 4 heterocycles. The predicted octanol–water partition coefficient (Wildman–Crippen LogP) is 5.85. The Morgan fingerprint density at radius 3 is 2.54 bits per heavy atom. The normalized spacial score (nSPS) is 13.6. The van der Waals surface area contributed by atoms with E-state index in [4.69, 9.17) is 0 Å². The van der Waals surface area contributed by atoms with Crippen molar-refractivity contribution in [2.45, 2.75) is 25.7 Å². The van der Waals surface area contributed by atoms with Crippen LogP contribution in [0.25, 0.3) is 22.0 Å². The smallest absolute Gasteiger partial charge is 0.276 e. The van der Waals surface area contributed by atoms with Crippen molar-refractivity contribution in [1.29, 1.82) is 0 Å². The number of nitrogens with zero attached hydrogens (tertiary/aromatic N) is 4. The van der Waals surface area contributed by atoms with Gasteiger partial charge in [-0.2, -0.15) is 5.10 Å². The third kappa shape index (κ3) is 5.07. The first-order chi connectivity index (χ1) is 18.2. The molecule has 184 valence electrons. The number of carbonyl (C=O) groups excluding carboxylic acids is 1. The molecule has 2 aromatic carbocycles. The fraction of sp³-hybridized carbons (Fsp3) is 0.200. The second kappa shape index (κ2) is 10.2. The van der Waals surface area contributed by atoms with E-state index in [0.717, 1.165) is 52.8 Å². The summed E-state index contributed by atoms with van der Waals surface area (Å²) in [5, 5.41) is 11.1. The number of H-pyrrole nitrogens is 1. The molecule has 0 radical (unpaired) electrons. The number of hydrogen-bond donors (Lipinski definition) is 2. The van der Waals surface area contributed by atoms with E-state index in [9.17, 15) is 4.79 Å². The van der Waals surface area contributed by atoms with Gasteiger partial charge in [-0.05, 0) is 66.6 Å². The topological polar surface area (TPSA) is 86.8 Å². The standard InChI is InChI=1S/C30H28N6O/c37-30(33-25-14-22(17-31-19-25)13-21-7-3-1-4-8-21)29-27-16-23(9-10-28(27)34-35-29)24-15-26(20-32-18-24)36-11-5-2-6-12-36/h1,3-4,7-10,14-20H,2,5-6,11-13H2,(H,33,37)(H,34,35). The number of rotatable bonds is 6. The Bertz CT molecular complexity index is 1540. The Morgan fingerprint density at radius 1 is 0.838 bits per heavy atom. The van der Waals surface area contributed by atoms with Gasteiger partial charge in [0.1, 0.15) is 0 Å². The van der Waals surface area contributed by atoms with Crippen LogP contribution in [0.1, 0.15) is 40.9 Å². The number of anilines is 2. The van der Waals surface area contributed by atoms with Gasteiger partial charge in [0, 0.05) is 36.4 Å². The number of aromatic amines is 1. The van der Waals surface area contributed by atoms with Crippen LogP contribution in [-0.4, -0.2) is 39.2 Å². The summed E-state index contributed by atoms with van der Waals surface area (Å²) in [6, 6.07) is 20.3. The highest BCUT2D eigenvalue weighted by Gasteiger charge is 2.17. The van der Waals surface area contributed by atoms with Crippen LogP contribution in [0.2, 0.25) is 0 Å². The molecule has 0 aliphatic carbocycles. The highest BCUT2D eigenvalue weighted by Crippen LogP contribution is 2.29. The molecule has 1 aliphatic heterocycles. The third-order valence-electron chi connectivity index (χ3n) is 6.86. The minimum atomic E-state index is -0.276. The van der Waals surface area contributed by atoms with Crippen LogP contribution >= 0.6 is 0 Å². The number of piperidine rings is 1. The Morgan fingerprint density at radius 2 is 1.68 bits per heavy atom. The van der Waals surface area contributed by atoms with Crippen molar-refractivity contribution in [3.63, 3.8) is 0 Å². The molecule has 0 unspecified atom stereocenters. The summed E-state index contributed by atoms with van der Waals surface area (Å²) in [5.74, 6) is -0.276. The molecule has 37 heavy (non-hydrogen) atoms. The summed E-state index contributed by atoms with van der Waals surface area (Å²) < 4.78 is 0. The van der Waals surface area contributed by atoms with Gasteiger partial charge in [-0.25, -0.2) is 0 Å². The molecule has 7 heteroatoms. The molecule has 5 aromatic rings. The van der Waals surface area contributed by atoms with Crippen molar-refractivity contribution >= 4 is 28.2 Å². The van der Waals surface area contributed by atoms with Crippen LogP contribution in [0.3, 0.4) is 0 Å². The second-order valence-corrected chi connectivity index (χ2v) is 9.51. The zero-order valence-electron chi connectivity index (χ0n) is 20.5. The van der Waals surface area contributed by atoms with Gasteiger partial charge in [0.05, 0.1) is 29.3 Å². The summed E-state index contributed by atoms with van der Waals surface area (Å²) in [7, 11) is 0. The van der Waals surface area contributed by atoms with Gasteiger partial charge < -0.3 is 10.2 Å². The van der Waals surface area contributed by atoms with Crippen molar-refractivity contribution < 1.29 is 4.79 Å². The number of benzene rings is 2. The fourth-order valence-electron chi connectivity index (χ4n) is 4.95. The largest absolute Gasteiger partial charge is 0.370 e. The van der Waals surface area contributed by atoms with Crippen molar-refractivity contribution in [3.05, 3.63) is 102 Å². The molecule has 1 amide bonds. The molecule has 0 spiro atoms. The number of carbonyl (C=O) groups is 1. The van der Waals surface area contributed by atoms with Gasteiger partial charge >= 0.3 is 0 Å². The Balaban J connectivity index is 1.24. The lowest BCUT2D eigenvalue weighted by molar-refractivity contribution is 0.102. The van der Waals surface area contributed by atoms with E-state index >= 15 is 0 Å². The molecule has 1 aliphatic rings. The maximum Gasteiger partial charge on any atom is 0.276 e. The molecule has 1 saturated heterocycles. The lowest BCUT2D eigenvalue weighted by Gasteiger charge is -2.28. The lowest BCUT2D eigenvalue weighted by Crippen LogP contribution is -2.29. The van der Waals surface area contributed by atoms with E-state index in [-0.39, 0.29) is 5.91 Å². The summed E-state index contributed by atoms with van der Waals surface area (Å²) in [6.45, 7) is 2.13. The first kappa shape index (κ1) is 22.9.